The minimum absolute atomic E-state index is 0.00141. The van der Waals surface area contributed by atoms with Crippen LogP contribution in [0.3, 0.4) is 0 Å². The summed E-state index contributed by atoms with van der Waals surface area (Å²) >= 11 is 0. The first kappa shape index (κ1) is 19.5. The van der Waals surface area contributed by atoms with Crippen molar-refractivity contribution in [1.82, 2.24) is 4.90 Å². The van der Waals surface area contributed by atoms with E-state index in [0.29, 0.717) is 25.2 Å². The summed E-state index contributed by atoms with van der Waals surface area (Å²) in [5, 5.41) is 37.5. The molecule has 2 rings (SSSR count). The lowest BCUT2D eigenvalue weighted by atomic mass is 9.82. The van der Waals surface area contributed by atoms with Gasteiger partial charge in [-0.15, -0.1) is 0 Å². The van der Waals surface area contributed by atoms with Crippen molar-refractivity contribution in [3.8, 4) is 11.5 Å². The van der Waals surface area contributed by atoms with Crippen LogP contribution in [0.15, 0.2) is 12.1 Å². The van der Waals surface area contributed by atoms with Crippen LogP contribution in [0.2, 0.25) is 6.32 Å². The second-order valence-corrected chi connectivity index (χ2v) is 6.93. The summed E-state index contributed by atoms with van der Waals surface area (Å²) in [6.07, 6.45) is -0.0294. The molecule has 1 aliphatic rings. The number of phenols is 1. The van der Waals surface area contributed by atoms with Crippen molar-refractivity contribution >= 4 is 13.1 Å². The average Bonchev–Trinajstić information content (AvgIpc) is 2.48. The van der Waals surface area contributed by atoms with Crippen LogP contribution < -0.4 is 10.5 Å². The molecule has 1 aliphatic heterocycles. The fourth-order valence-electron chi connectivity index (χ4n) is 2.72. The second-order valence-electron chi connectivity index (χ2n) is 6.93. The minimum Gasteiger partial charge on any atom is -0.507 e. The number of benzene rings is 1. The molecule has 0 radical (unpaired) electrons. The summed E-state index contributed by atoms with van der Waals surface area (Å²) in [4.78, 5) is 13.7. The number of nitrogens with two attached hydrogens (primary N) is 1. The van der Waals surface area contributed by atoms with Crippen molar-refractivity contribution in [3.05, 3.63) is 23.3 Å². The van der Waals surface area contributed by atoms with Crippen molar-refractivity contribution in [2.45, 2.75) is 38.2 Å². The molecular formula is C16H25BN2O6. The largest absolute Gasteiger partial charge is 0.507 e. The highest BCUT2D eigenvalue weighted by Crippen LogP contribution is 2.34. The Morgan fingerprint density at radius 1 is 1.40 bits per heavy atom. The Labute approximate surface area is 147 Å². The Hall–Kier alpha value is -1.81. The third kappa shape index (κ3) is 4.43. The number of aryl methyl sites for hydroxylation is 1. The van der Waals surface area contributed by atoms with Crippen LogP contribution in [0.1, 0.15) is 29.8 Å². The van der Waals surface area contributed by atoms with Gasteiger partial charge in [0.25, 0.3) is 0 Å². The van der Waals surface area contributed by atoms with Gasteiger partial charge in [0, 0.05) is 25.2 Å². The first-order chi connectivity index (χ1) is 11.7. The molecule has 138 valence electrons. The van der Waals surface area contributed by atoms with E-state index in [1.54, 1.807) is 6.07 Å². The van der Waals surface area contributed by atoms with E-state index < -0.39 is 18.8 Å². The van der Waals surface area contributed by atoms with Gasteiger partial charge in [-0.25, -0.2) is 4.79 Å². The third-order valence-electron chi connectivity index (χ3n) is 4.61. The first-order valence-electron chi connectivity index (χ1n) is 8.21. The topological polar surface area (TPSA) is 136 Å². The predicted octanol–water partition coefficient (Wildman–Crippen LogP) is -0.0940. The number of hydrogen-bond donors (Lipinski definition) is 5. The van der Waals surface area contributed by atoms with Crippen LogP contribution >= 0.6 is 0 Å². The SMILES string of the molecule is CC(C)(CN)N1CC(Oc2ccc(CCB(O)O)c(O)c2C(=O)O)C1. The van der Waals surface area contributed by atoms with Gasteiger partial charge in [-0.1, -0.05) is 6.07 Å². The summed E-state index contributed by atoms with van der Waals surface area (Å²) < 4.78 is 5.75. The number of carboxylic acids is 1. The Balaban J connectivity index is 2.11. The van der Waals surface area contributed by atoms with Gasteiger partial charge >= 0.3 is 13.1 Å². The molecule has 0 amide bonds. The number of nitrogens with zero attached hydrogens (tertiary/aromatic N) is 1. The Morgan fingerprint density at radius 3 is 2.56 bits per heavy atom. The number of aromatic hydroxyl groups is 1. The lowest BCUT2D eigenvalue weighted by Gasteiger charge is -2.48. The number of carbonyl (C=O) groups is 1. The van der Waals surface area contributed by atoms with Crippen molar-refractivity contribution < 1.29 is 29.8 Å². The first-order valence-corrected chi connectivity index (χ1v) is 8.21. The summed E-state index contributed by atoms with van der Waals surface area (Å²) in [6, 6.07) is 3.04. The van der Waals surface area contributed by atoms with Gasteiger partial charge in [0.2, 0.25) is 0 Å². The maximum atomic E-state index is 11.5. The molecule has 0 bridgehead atoms. The third-order valence-corrected chi connectivity index (χ3v) is 4.61. The van der Waals surface area contributed by atoms with Crippen LogP contribution in [-0.2, 0) is 6.42 Å². The fourth-order valence-corrected chi connectivity index (χ4v) is 2.72. The van der Waals surface area contributed by atoms with Crippen molar-refractivity contribution in [1.29, 1.82) is 0 Å². The molecule has 1 aromatic carbocycles. The van der Waals surface area contributed by atoms with E-state index in [1.807, 2.05) is 13.8 Å². The Kier molecular flexibility index (Phi) is 5.94. The maximum Gasteiger partial charge on any atom is 0.451 e. The van der Waals surface area contributed by atoms with Gasteiger partial charge in [0.1, 0.15) is 23.2 Å². The van der Waals surface area contributed by atoms with Gasteiger partial charge in [0.05, 0.1) is 0 Å². The minimum atomic E-state index is -1.52. The molecule has 0 unspecified atom stereocenters. The molecule has 8 nitrogen and oxygen atoms in total. The quantitative estimate of drug-likeness (QED) is 0.409. The highest BCUT2D eigenvalue weighted by atomic mass is 16.5. The normalized spacial score (nSPS) is 15.7. The molecule has 6 N–H and O–H groups in total. The zero-order valence-electron chi connectivity index (χ0n) is 14.5. The highest BCUT2D eigenvalue weighted by Gasteiger charge is 2.38. The number of rotatable bonds is 8. The standard InChI is InChI=1S/C16H25BN2O6/c1-16(2,9-18)19-7-11(8-19)25-12-4-3-10(5-6-17(23)24)14(20)13(12)15(21)22/h3-4,11,20,23-24H,5-9,18H2,1-2H3,(H,21,22). The smallest absolute Gasteiger partial charge is 0.451 e. The predicted molar refractivity (Wildman–Crippen MR) is 92.9 cm³/mol. The van der Waals surface area contributed by atoms with E-state index in [0.717, 1.165) is 0 Å². The monoisotopic (exact) mass is 352 g/mol. The van der Waals surface area contributed by atoms with E-state index in [1.165, 1.54) is 6.07 Å². The molecule has 0 aliphatic carbocycles. The molecule has 0 atom stereocenters. The van der Waals surface area contributed by atoms with Crippen molar-refractivity contribution in [3.63, 3.8) is 0 Å². The summed E-state index contributed by atoms with van der Waals surface area (Å²) in [7, 11) is -1.52. The molecule has 25 heavy (non-hydrogen) atoms. The van der Waals surface area contributed by atoms with Crippen LogP contribution in [0.4, 0.5) is 0 Å². The van der Waals surface area contributed by atoms with Gasteiger partial charge in [-0.05, 0) is 38.2 Å². The fraction of sp³-hybridized carbons (Fsp3) is 0.562. The molecule has 1 fully saturated rings. The zero-order chi connectivity index (χ0) is 18.8. The Morgan fingerprint density at radius 2 is 2.04 bits per heavy atom. The lowest BCUT2D eigenvalue weighted by molar-refractivity contribution is -0.0388. The lowest BCUT2D eigenvalue weighted by Crippen LogP contribution is -2.64. The van der Waals surface area contributed by atoms with E-state index in [4.69, 9.17) is 20.5 Å². The van der Waals surface area contributed by atoms with Gasteiger partial charge in [-0.3, -0.25) is 4.90 Å². The number of ether oxygens (including phenoxy) is 1. The number of hydrogen-bond acceptors (Lipinski definition) is 7. The maximum absolute atomic E-state index is 11.5. The molecule has 1 saturated heterocycles. The van der Waals surface area contributed by atoms with Crippen molar-refractivity contribution in [2.75, 3.05) is 19.6 Å². The molecule has 9 heteroatoms. The second kappa shape index (κ2) is 7.61. The molecule has 0 spiro atoms. The van der Waals surface area contributed by atoms with Gasteiger partial charge in [0.15, 0.2) is 0 Å². The molecule has 1 heterocycles. The Bertz CT molecular complexity index is 631. The zero-order valence-corrected chi connectivity index (χ0v) is 14.5. The molecular weight excluding hydrogens is 327 g/mol. The number of likely N-dealkylation sites (tertiary alicyclic amines) is 1. The average molecular weight is 352 g/mol. The number of aromatic carboxylic acids is 1. The van der Waals surface area contributed by atoms with Crippen LogP contribution in [-0.4, -0.2) is 69.5 Å². The molecule has 0 saturated carbocycles. The van der Waals surface area contributed by atoms with Crippen LogP contribution in [0.25, 0.3) is 0 Å². The van der Waals surface area contributed by atoms with E-state index >= 15 is 0 Å². The van der Waals surface area contributed by atoms with Crippen molar-refractivity contribution in [2.24, 2.45) is 5.73 Å². The van der Waals surface area contributed by atoms with E-state index in [2.05, 4.69) is 4.90 Å². The van der Waals surface area contributed by atoms with Gasteiger partial charge < -0.3 is 30.7 Å². The van der Waals surface area contributed by atoms with Crippen LogP contribution in [0, 0.1) is 0 Å². The van der Waals surface area contributed by atoms with E-state index in [-0.39, 0.29) is 35.7 Å². The highest BCUT2D eigenvalue weighted by molar-refractivity contribution is 6.41. The number of carboxylic acid groups (broad SMARTS) is 1. The summed E-state index contributed by atoms with van der Waals surface area (Å²) in [5.74, 6) is -1.59. The summed E-state index contributed by atoms with van der Waals surface area (Å²) in [6.45, 7) is 5.82. The van der Waals surface area contributed by atoms with E-state index in [9.17, 15) is 15.0 Å². The molecule has 0 aromatic heterocycles. The summed E-state index contributed by atoms with van der Waals surface area (Å²) in [5.41, 5.74) is 5.62. The molecule has 1 aromatic rings. The van der Waals surface area contributed by atoms with Gasteiger partial charge in [-0.2, -0.15) is 0 Å². The van der Waals surface area contributed by atoms with Crippen LogP contribution in [0.5, 0.6) is 11.5 Å².